The lowest BCUT2D eigenvalue weighted by atomic mass is 9.98. The van der Waals surface area contributed by atoms with Crippen molar-refractivity contribution in [3.63, 3.8) is 0 Å². The van der Waals surface area contributed by atoms with Gasteiger partial charge in [0.1, 0.15) is 0 Å². The number of hydrogen-bond donors (Lipinski definition) is 0. The van der Waals surface area contributed by atoms with Gasteiger partial charge in [-0.05, 0) is 47.9 Å². The average Bonchev–Trinajstić information content (AvgIpc) is 3.28. The molecule has 5 rings (SSSR count). The van der Waals surface area contributed by atoms with Crippen LogP contribution in [0, 0.1) is 5.92 Å². The topological polar surface area (TPSA) is 23.6 Å². The first-order chi connectivity index (χ1) is 14.6. The minimum atomic E-state index is -0.151. The lowest BCUT2D eigenvalue weighted by Gasteiger charge is -2.30. The molecule has 30 heavy (non-hydrogen) atoms. The highest BCUT2D eigenvalue weighted by atomic mass is 35.5. The smallest absolute Gasteiger partial charge is 0.244 e. The molecule has 0 saturated carbocycles. The van der Waals surface area contributed by atoms with E-state index in [2.05, 4.69) is 17.0 Å². The summed E-state index contributed by atoms with van der Waals surface area (Å²) >= 11 is 12.6. The van der Waals surface area contributed by atoms with Gasteiger partial charge in [0.15, 0.2) is 0 Å². The number of likely N-dealkylation sites (tertiary alicyclic amines) is 1. The maximum absolute atomic E-state index is 13.5. The van der Waals surface area contributed by atoms with Crippen LogP contribution in [0.15, 0.2) is 78.9 Å². The standard InChI is InChI=1S/C25H22Cl2N2O/c26-20-12-10-17(11-13-20)23-14-19-16-28(21-7-2-1-3-8-21)25(30)24(19)29(23)15-18-6-4-5-9-22(18)27/h1-13,19,23-24H,14-16H2/t19-,23-,24-/m1/s1. The summed E-state index contributed by atoms with van der Waals surface area (Å²) in [6, 6.07) is 25.9. The lowest BCUT2D eigenvalue weighted by molar-refractivity contribution is -0.122. The van der Waals surface area contributed by atoms with Crippen LogP contribution < -0.4 is 4.90 Å². The summed E-state index contributed by atoms with van der Waals surface area (Å²) in [4.78, 5) is 17.8. The highest BCUT2D eigenvalue weighted by molar-refractivity contribution is 6.31. The Balaban J connectivity index is 1.50. The molecule has 152 valence electrons. The van der Waals surface area contributed by atoms with E-state index in [0.717, 1.165) is 34.3 Å². The highest BCUT2D eigenvalue weighted by Crippen LogP contribution is 2.46. The number of benzene rings is 3. The second kappa shape index (κ2) is 8.07. The van der Waals surface area contributed by atoms with Gasteiger partial charge in [0.2, 0.25) is 5.91 Å². The number of fused-ring (bicyclic) bond motifs is 1. The monoisotopic (exact) mass is 436 g/mol. The number of para-hydroxylation sites is 1. The minimum Gasteiger partial charge on any atom is -0.311 e. The summed E-state index contributed by atoms with van der Waals surface area (Å²) in [5.74, 6) is 0.454. The van der Waals surface area contributed by atoms with Crippen molar-refractivity contribution in [3.8, 4) is 0 Å². The van der Waals surface area contributed by atoms with E-state index in [1.165, 1.54) is 5.56 Å². The van der Waals surface area contributed by atoms with E-state index < -0.39 is 0 Å². The number of amides is 1. The van der Waals surface area contributed by atoms with Crippen LogP contribution in [0.5, 0.6) is 0 Å². The molecule has 1 amide bonds. The summed E-state index contributed by atoms with van der Waals surface area (Å²) in [5.41, 5.74) is 3.21. The highest BCUT2D eigenvalue weighted by Gasteiger charge is 2.52. The molecule has 2 aliphatic heterocycles. The molecule has 0 aromatic heterocycles. The van der Waals surface area contributed by atoms with Gasteiger partial charge in [0, 0.05) is 40.8 Å². The van der Waals surface area contributed by atoms with Gasteiger partial charge in [-0.2, -0.15) is 0 Å². The molecule has 5 heteroatoms. The van der Waals surface area contributed by atoms with Crippen molar-refractivity contribution in [2.75, 3.05) is 11.4 Å². The minimum absolute atomic E-state index is 0.151. The zero-order valence-electron chi connectivity index (χ0n) is 16.4. The predicted molar refractivity (Wildman–Crippen MR) is 122 cm³/mol. The summed E-state index contributed by atoms with van der Waals surface area (Å²) in [5, 5.41) is 1.46. The molecular weight excluding hydrogens is 415 g/mol. The Hall–Kier alpha value is -2.33. The van der Waals surface area contributed by atoms with Crippen LogP contribution in [0.3, 0.4) is 0 Å². The molecule has 0 N–H and O–H groups in total. The van der Waals surface area contributed by atoms with Gasteiger partial charge in [-0.15, -0.1) is 0 Å². The van der Waals surface area contributed by atoms with Crippen molar-refractivity contribution < 1.29 is 4.79 Å². The zero-order valence-corrected chi connectivity index (χ0v) is 17.9. The van der Waals surface area contributed by atoms with Crippen LogP contribution in [-0.2, 0) is 11.3 Å². The van der Waals surface area contributed by atoms with Crippen LogP contribution in [0.25, 0.3) is 0 Å². The zero-order chi connectivity index (χ0) is 20.7. The number of nitrogens with zero attached hydrogens (tertiary/aromatic N) is 2. The molecule has 2 saturated heterocycles. The van der Waals surface area contributed by atoms with Gasteiger partial charge in [0.05, 0.1) is 6.04 Å². The molecule has 3 aromatic rings. The largest absolute Gasteiger partial charge is 0.311 e. The molecule has 3 aromatic carbocycles. The van der Waals surface area contributed by atoms with Crippen molar-refractivity contribution in [2.45, 2.75) is 25.0 Å². The first kappa shape index (κ1) is 19.6. The van der Waals surface area contributed by atoms with E-state index >= 15 is 0 Å². The molecule has 0 bridgehead atoms. The summed E-state index contributed by atoms with van der Waals surface area (Å²) in [7, 11) is 0. The van der Waals surface area contributed by atoms with Gasteiger partial charge in [-0.25, -0.2) is 0 Å². The first-order valence-corrected chi connectivity index (χ1v) is 11.0. The van der Waals surface area contributed by atoms with E-state index in [9.17, 15) is 4.79 Å². The van der Waals surface area contributed by atoms with Crippen LogP contribution in [0.4, 0.5) is 5.69 Å². The molecule has 0 spiro atoms. The molecule has 3 atom stereocenters. The fourth-order valence-corrected chi connectivity index (χ4v) is 5.22. The number of hydrogen-bond acceptors (Lipinski definition) is 2. The van der Waals surface area contributed by atoms with Gasteiger partial charge in [-0.1, -0.05) is 71.7 Å². The number of carbonyl (C=O) groups is 1. The molecule has 2 fully saturated rings. The molecule has 2 aliphatic rings. The quantitative estimate of drug-likeness (QED) is 0.502. The number of anilines is 1. The van der Waals surface area contributed by atoms with E-state index in [1.807, 2.05) is 71.6 Å². The number of rotatable bonds is 4. The van der Waals surface area contributed by atoms with Crippen molar-refractivity contribution in [1.29, 1.82) is 0 Å². The normalized spacial score (nSPS) is 23.7. The fraction of sp³-hybridized carbons (Fsp3) is 0.240. The molecule has 3 nitrogen and oxygen atoms in total. The van der Waals surface area contributed by atoms with Gasteiger partial charge >= 0.3 is 0 Å². The SMILES string of the molecule is O=C1[C@H]2[C@H](C[C@H](c3ccc(Cl)cc3)N2Cc2ccccc2Cl)CN1c1ccccc1. The lowest BCUT2D eigenvalue weighted by Crippen LogP contribution is -2.41. The predicted octanol–water partition coefficient (Wildman–Crippen LogP) is 5.97. The third-order valence-electron chi connectivity index (χ3n) is 6.30. The fourth-order valence-electron chi connectivity index (χ4n) is 4.90. The molecule has 0 radical (unpaired) electrons. The Morgan fingerprint density at radius 1 is 0.867 bits per heavy atom. The van der Waals surface area contributed by atoms with Crippen molar-refractivity contribution in [1.82, 2.24) is 4.90 Å². The Morgan fingerprint density at radius 3 is 2.30 bits per heavy atom. The number of carbonyl (C=O) groups excluding carboxylic acids is 1. The van der Waals surface area contributed by atoms with Crippen LogP contribution in [0.2, 0.25) is 10.0 Å². The summed E-state index contributed by atoms with van der Waals surface area (Å²) in [6.07, 6.45) is 0.936. The molecule has 2 heterocycles. The Labute approximate surface area is 186 Å². The van der Waals surface area contributed by atoms with Gasteiger partial charge in [-0.3, -0.25) is 9.69 Å². The maximum atomic E-state index is 13.5. The van der Waals surface area contributed by atoms with E-state index in [0.29, 0.717) is 6.54 Å². The Morgan fingerprint density at radius 2 is 1.57 bits per heavy atom. The van der Waals surface area contributed by atoms with E-state index in [4.69, 9.17) is 23.2 Å². The van der Waals surface area contributed by atoms with Gasteiger partial charge < -0.3 is 4.90 Å². The van der Waals surface area contributed by atoms with E-state index in [-0.39, 0.29) is 23.9 Å². The Bertz CT molecular complexity index is 1050. The van der Waals surface area contributed by atoms with Crippen molar-refractivity contribution in [3.05, 3.63) is 100 Å². The average molecular weight is 437 g/mol. The second-order valence-electron chi connectivity index (χ2n) is 8.06. The van der Waals surface area contributed by atoms with E-state index in [1.54, 1.807) is 0 Å². The third kappa shape index (κ3) is 3.51. The molecule has 0 unspecified atom stereocenters. The van der Waals surface area contributed by atoms with Crippen LogP contribution >= 0.6 is 23.2 Å². The summed E-state index contributed by atoms with van der Waals surface area (Å²) in [6.45, 7) is 1.39. The first-order valence-electron chi connectivity index (χ1n) is 10.2. The summed E-state index contributed by atoms with van der Waals surface area (Å²) < 4.78 is 0. The van der Waals surface area contributed by atoms with Crippen molar-refractivity contribution in [2.24, 2.45) is 5.92 Å². The molecule has 0 aliphatic carbocycles. The van der Waals surface area contributed by atoms with Gasteiger partial charge in [0.25, 0.3) is 0 Å². The number of halogens is 2. The van der Waals surface area contributed by atoms with Crippen molar-refractivity contribution >= 4 is 34.8 Å². The Kier molecular flexibility index (Phi) is 5.28. The van der Waals surface area contributed by atoms with Crippen LogP contribution in [0.1, 0.15) is 23.6 Å². The second-order valence-corrected chi connectivity index (χ2v) is 8.90. The maximum Gasteiger partial charge on any atom is 0.244 e. The molecular formula is C25H22Cl2N2O. The third-order valence-corrected chi connectivity index (χ3v) is 6.92. The van der Waals surface area contributed by atoms with Crippen LogP contribution in [-0.4, -0.2) is 23.4 Å².